The Balaban J connectivity index is 3.07. The molecule has 0 radical (unpaired) electrons. The number of benzene rings is 1. The first-order chi connectivity index (χ1) is 12.1. The summed E-state index contributed by atoms with van der Waals surface area (Å²) in [6.45, 7) is 17.1. The Morgan fingerprint density at radius 1 is 1.15 bits per heavy atom. The zero-order valence-corrected chi connectivity index (χ0v) is 17.7. The van der Waals surface area contributed by atoms with Gasteiger partial charge in [-0.1, -0.05) is 38.5 Å². The SMILES string of the molecule is CCOc1cc(C)cc(C)c1C(C)(C)CC(=O)N/C(=C/C=C(C)C)CC. The van der Waals surface area contributed by atoms with Crippen LogP contribution < -0.4 is 10.1 Å². The minimum Gasteiger partial charge on any atom is -0.494 e. The van der Waals surface area contributed by atoms with E-state index in [9.17, 15) is 4.79 Å². The van der Waals surface area contributed by atoms with Crippen molar-refractivity contribution in [1.29, 1.82) is 0 Å². The van der Waals surface area contributed by atoms with Crippen LogP contribution in [0.5, 0.6) is 5.75 Å². The monoisotopic (exact) mass is 357 g/mol. The third-order valence-electron chi connectivity index (χ3n) is 4.32. The number of hydrogen-bond donors (Lipinski definition) is 1. The van der Waals surface area contributed by atoms with Gasteiger partial charge in [0.25, 0.3) is 0 Å². The second-order valence-electron chi connectivity index (χ2n) is 7.79. The smallest absolute Gasteiger partial charge is 0.224 e. The number of aryl methyl sites for hydroxylation is 2. The fourth-order valence-electron chi connectivity index (χ4n) is 3.29. The quantitative estimate of drug-likeness (QED) is 0.602. The molecule has 26 heavy (non-hydrogen) atoms. The van der Waals surface area contributed by atoms with Crippen LogP contribution in [-0.2, 0) is 10.2 Å². The Morgan fingerprint density at radius 3 is 2.35 bits per heavy atom. The third kappa shape index (κ3) is 6.36. The number of carbonyl (C=O) groups excluding carboxylic acids is 1. The molecule has 0 fully saturated rings. The number of hydrogen-bond acceptors (Lipinski definition) is 2. The molecule has 1 rings (SSSR count). The molecule has 0 heterocycles. The van der Waals surface area contributed by atoms with Gasteiger partial charge in [0.2, 0.25) is 5.91 Å². The summed E-state index contributed by atoms with van der Waals surface area (Å²) < 4.78 is 5.88. The molecule has 0 atom stereocenters. The van der Waals surface area contributed by atoms with Crippen LogP contribution >= 0.6 is 0 Å². The Morgan fingerprint density at radius 2 is 1.81 bits per heavy atom. The standard InChI is InChI=1S/C23H35NO2/c1-9-19(12-11-16(3)4)24-21(25)15-23(7,8)22-18(6)13-17(5)14-20(22)26-10-2/h11-14H,9-10,15H2,1-8H3,(H,24,25)/b19-12+. The lowest BCUT2D eigenvalue weighted by Gasteiger charge is -2.29. The van der Waals surface area contributed by atoms with Crippen LogP contribution in [0.1, 0.15) is 71.1 Å². The van der Waals surface area contributed by atoms with Crippen LogP contribution in [0.4, 0.5) is 0 Å². The lowest BCUT2D eigenvalue weighted by atomic mass is 9.78. The summed E-state index contributed by atoms with van der Waals surface area (Å²) >= 11 is 0. The molecule has 3 heteroatoms. The topological polar surface area (TPSA) is 38.3 Å². The highest BCUT2D eigenvalue weighted by Crippen LogP contribution is 2.38. The van der Waals surface area contributed by atoms with Crippen LogP contribution in [0.25, 0.3) is 0 Å². The summed E-state index contributed by atoms with van der Waals surface area (Å²) in [4.78, 5) is 12.7. The molecule has 0 aliphatic heterocycles. The van der Waals surface area contributed by atoms with E-state index in [0.29, 0.717) is 13.0 Å². The third-order valence-corrected chi connectivity index (χ3v) is 4.32. The van der Waals surface area contributed by atoms with Gasteiger partial charge in [-0.3, -0.25) is 4.79 Å². The number of amides is 1. The summed E-state index contributed by atoms with van der Waals surface area (Å²) in [5.74, 6) is 0.922. The Hall–Kier alpha value is -2.03. The number of nitrogens with one attached hydrogen (secondary N) is 1. The van der Waals surface area contributed by atoms with E-state index in [1.807, 2.05) is 39.8 Å². The zero-order valence-electron chi connectivity index (χ0n) is 17.7. The number of ether oxygens (including phenoxy) is 1. The van der Waals surface area contributed by atoms with Gasteiger partial charge in [-0.15, -0.1) is 0 Å². The molecule has 0 bridgehead atoms. The van der Waals surface area contributed by atoms with E-state index < -0.39 is 0 Å². The molecular formula is C23H35NO2. The molecule has 0 aliphatic rings. The van der Waals surface area contributed by atoms with Crippen molar-refractivity contribution < 1.29 is 9.53 Å². The Bertz CT molecular complexity index is 692. The molecule has 144 valence electrons. The maximum absolute atomic E-state index is 12.7. The van der Waals surface area contributed by atoms with Crippen molar-refractivity contribution in [3.63, 3.8) is 0 Å². The summed E-state index contributed by atoms with van der Waals surface area (Å²) in [7, 11) is 0. The van der Waals surface area contributed by atoms with Gasteiger partial charge in [-0.2, -0.15) is 0 Å². The van der Waals surface area contributed by atoms with Crippen molar-refractivity contribution in [2.75, 3.05) is 6.61 Å². The van der Waals surface area contributed by atoms with Gasteiger partial charge in [-0.05, 0) is 64.3 Å². The van der Waals surface area contributed by atoms with Crippen LogP contribution in [0, 0.1) is 13.8 Å². The van der Waals surface area contributed by atoms with E-state index in [1.165, 1.54) is 16.7 Å². The molecule has 3 nitrogen and oxygen atoms in total. The van der Waals surface area contributed by atoms with Gasteiger partial charge in [0.1, 0.15) is 5.75 Å². The normalized spacial score (nSPS) is 11.9. The van der Waals surface area contributed by atoms with E-state index in [0.717, 1.165) is 23.4 Å². The van der Waals surface area contributed by atoms with Crippen LogP contribution in [-0.4, -0.2) is 12.5 Å². The predicted molar refractivity (Wildman–Crippen MR) is 111 cm³/mol. The second-order valence-corrected chi connectivity index (χ2v) is 7.79. The fourth-order valence-corrected chi connectivity index (χ4v) is 3.29. The zero-order chi connectivity index (χ0) is 19.9. The van der Waals surface area contributed by atoms with Crippen molar-refractivity contribution in [1.82, 2.24) is 5.32 Å². The molecular weight excluding hydrogens is 322 g/mol. The molecule has 1 amide bonds. The molecule has 1 aromatic rings. The van der Waals surface area contributed by atoms with Gasteiger partial charge >= 0.3 is 0 Å². The Labute approximate surface area is 159 Å². The average Bonchev–Trinajstić information content (AvgIpc) is 2.49. The first kappa shape index (κ1) is 22.0. The minimum absolute atomic E-state index is 0.0349. The highest BCUT2D eigenvalue weighted by molar-refractivity contribution is 5.79. The fraction of sp³-hybridized carbons (Fsp3) is 0.522. The highest BCUT2D eigenvalue weighted by atomic mass is 16.5. The highest BCUT2D eigenvalue weighted by Gasteiger charge is 2.29. The van der Waals surface area contributed by atoms with Gasteiger partial charge in [0.05, 0.1) is 6.61 Å². The molecule has 0 aromatic heterocycles. The first-order valence-electron chi connectivity index (χ1n) is 9.49. The lowest BCUT2D eigenvalue weighted by molar-refractivity contribution is -0.121. The van der Waals surface area contributed by atoms with Crippen molar-refractivity contribution in [2.45, 2.75) is 73.6 Å². The summed E-state index contributed by atoms with van der Waals surface area (Å²) in [6.07, 6.45) is 5.22. The van der Waals surface area contributed by atoms with E-state index >= 15 is 0 Å². The summed E-state index contributed by atoms with van der Waals surface area (Å²) in [6, 6.07) is 4.22. The van der Waals surface area contributed by atoms with Gasteiger partial charge in [0, 0.05) is 23.1 Å². The van der Waals surface area contributed by atoms with Crippen LogP contribution in [0.2, 0.25) is 0 Å². The van der Waals surface area contributed by atoms with E-state index in [-0.39, 0.29) is 11.3 Å². The molecule has 0 unspecified atom stereocenters. The molecule has 0 saturated carbocycles. The van der Waals surface area contributed by atoms with E-state index in [2.05, 4.69) is 45.1 Å². The van der Waals surface area contributed by atoms with Crippen molar-refractivity contribution in [3.8, 4) is 5.75 Å². The van der Waals surface area contributed by atoms with Crippen molar-refractivity contribution in [3.05, 3.63) is 52.2 Å². The lowest BCUT2D eigenvalue weighted by Crippen LogP contribution is -2.31. The van der Waals surface area contributed by atoms with E-state index in [1.54, 1.807) is 0 Å². The molecule has 0 saturated heterocycles. The van der Waals surface area contributed by atoms with Gasteiger partial charge < -0.3 is 10.1 Å². The van der Waals surface area contributed by atoms with Crippen LogP contribution in [0.15, 0.2) is 35.6 Å². The average molecular weight is 358 g/mol. The second kappa shape index (κ2) is 9.61. The maximum Gasteiger partial charge on any atom is 0.224 e. The molecule has 0 spiro atoms. The summed E-state index contributed by atoms with van der Waals surface area (Å²) in [5, 5.41) is 3.07. The summed E-state index contributed by atoms with van der Waals surface area (Å²) in [5.41, 5.74) is 5.29. The number of allylic oxidation sites excluding steroid dienone is 4. The molecule has 1 N–H and O–H groups in total. The number of rotatable bonds is 8. The molecule has 0 aliphatic carbocycles. The Kier molecular flexibility index (Phi) is 8.13. The van der Waals surface area contributed by atoms with Gasteiger partial charge in [0.15, 0.2) is 0 Å². The van der Waals surface area contributed by atoms with Gasteiger partial charge in [-0.25, -0.2) is 0 Å². The van der Waals surface area contributed by atoms with Crippen LogP contribution in [0.3, 0.4) is 0 Å². The van der Waals surface area contributed by atoms with Crippen molar-refractivity contribution in [2.24, 2.45) is 0 Å². The maximum atomic E-state index is 12.7. The molecule has 1 aromatic carbocycles. The first-order valence-corrected chi connectivity index (χ1v) is 9.49. The van der Waals surface area contributed by atoms with E-state index in [4.69, 9.17) is 4.74 Å². The largest absolute Gasteiger partial charge is 0.494 e. The van der Waals surface area contributed by atoms with Crippen molar-refractivity contribution >= 4 is 5.91 Å². The predicted octanol–water partition coefficient (Wildman–Crippen LogP) is 5.75. The number of carbonyl (C=O) groups is 1. The minimum atomic E-state index is -0.318.